The van der Waals surface area contributed by atoms with Crippen LogP contribution < -0.4 is 10.6 Å². The molecule has 0 saturated heterocycles. The summed E-state index contributed by atoms with van der Waals surface area (Å²) >= 11 is 0. The molecule has 2 heterocycles. The standard InChI is InChI=1S/C14H15N3.C12H13N3/c1-10-9-13(11-7-8-11)17-14(15-10)16-12-5-3-2-4-6-12;1-9-8-10(2)14-12(13-9)15-11-6-4-3-5-7-11/h2-6,9,11H,7-8H2,1H3,(H,15,16,17);3-8H,1-2H3,(H,13,14,15). The molecule has 0 spiro atoms. The summed E-state index contributed by atoms with van der Waals surface area (Å²) in [6, 6.07) is 24.0. The molecule has 2 N–H and O–H groups in total. The topological polar surface area (TPSA) is 75.6 Å². The summed E-state index contributed by atoms with van der Waals surface area (Å²) in [6.45, 7) is 5.94. The molecule has 162 valence electrons. The van der Waals surface area contributed by atoms with Crippen LogP contribution in [-0.2, 0) is 0 Å². The van der Waals surface area contributed by atoms with Crippen LogP contribution in [0.25, 0.3) is 0 Å². The Morgan fingerprint density at radius 2 is 1.03 bits per heavy atom. The van der Waals surface area contributed by atoms with Gasteiger partial charge in [0.05, 0.1) is 0 Å². The van der Waals surface area contributed by atoms with E-state index in [1.165, 1.54) is 18.5 Å². The number of nitrogens with one attached hydrogen (secondary N) is 2. The third kappa shape index (κ3) is 6.35. The van der Waals surface area contributed by atoms with Gasteiger partial charge in [-0.2, -0.15) is 0 Å². The van der Waals surface area contributed by atoms with Crippen LogP contribution in [0.3, 0.4) is 0 Å². The zero-order valence-corrected chi connectivity index (χ0v) is 18.7. The lowest BCUT2D eigenvalue weighted by molar-refractivity contribution is 0.972. The molecule has 2 aromatic carbocycles. The van der Waals surface area contributed by atoms with Crippen molar-refractivity contribution in [1.82, 2.24) is 19.9 Å². The van der Waals surface area contributed by atoms with Crippen molar-refractivity contribution in [3.8, 4) is 0 Å². The molecular formula is C26H28N6. The molecule has 0 radical (unpaired) electrons. The Balaban J connectivity index is 0.000000155. The van der Waals surface area contributed by atoms with Gasteiger partial charge in [0.2, 0.25) is 11.9 Å². The predicted octanol–water partition coefficient (Wildman–Crippen LogP) is 6.24. The van der Waals surface area contributed by atoms with Crippen LogP contribution in [0, 0.1) is 20.8 Å². The first kappa shape index (κ1) is 21.4. The van der Waals surface area contributed by atoms with Gasteiger partial charge in [-0.25, -0.2) is 19.9 Å². The van der Waals surface area contributed by atoms with Crippen LogP contribution in [0.2, 0.25) is 0 Å². The van der Waals surface area contributed by atoms with E-state index in [2.05, 4.69) is 36.6 Å². The van der Waals surface area contributed by atoms with Gasteiger partial charge in [-0.3, -0.25) is 0 Å². The molecule has 6 nitrogen and oxygen atoms in total. The molecule has 1 saturated carbocycles. The van der Waals surface area contributed by atoms with Gasteiger partial charge in [-0.15, -0.1) is 0 Å². The summed E-state index contributed by atoms with van der Waals surface area (Å²) in [7, 11) is 0. The summed E-state index contributed by atoms with van der Waals surface area (Å²) in [6.07, 6.45) is 2.53. The normalized spacial score (nSPS) is 12.5. The van der Waals surface area contributed by atoms with Crippen molar-refractivity contribution in [3.05, 3.63) is 95.6 Å². The molecule has 4 aromatic rings. The molecule has 2 aromatic heterocycles. The second-order valence-electron chi connectivity index (χ2n) is 7.99. The summed E-state index contributed by atoms with van der Waals surface area (Å²) < 4.78 is 0. The third-order valence-corrected chi connectivity index (χ3v) is 4.91. The van der Waals surface area contributed by atoms with Crippen LogP contribution >= 0.6 is 0 Å². The summed E-state index contributed by atoms with van der Waals surface area (Å²) in [5.74, 6) is 2.02. The number of aryl methyl sites for hydroxylation is 3. The van der Waals surface area contributed by atoms with Crippen molar-refractivity contribution < 1.29 is 0 Å². The number of benzene rings is 2. The maximum absolute atomic E-state index is 4.57. The number of para-hydroxylation sites is 2. The highest BCUT2D eigenvalue weighted by atomic mass is 15.1. The largest absolute Gasteiger partial charge is 0.324 e. The lowest BCUT2D eigenvalue weighted by atomic mass is 10.2. The van der Waals surface area contributed by atoms with E-state index < -0.39 is 0 Å². The minimum Gasteiger partial charge on any atom is -0.324 e. The van der Waals surface area contributed by atoms with Gasteiger partial charge in [-0.05, 0) is 70.0 Å². The fourth-order valence-corrected chi connectivity index (χ4v) is 3.32. The lowest BCUT2D eigenvalue weighted by Gasteiger charge is -2.07. The van der Waals surface area contributed by atoms with Crippen molar-refractivity contribution in [1.29, 1.82) is 0 Å². The van der Waals surface area contributed by atoms with E-state index in [9.17, 15) is 0 Å². The fourth-order valence-electron chi connectivity index (χ4n) is 3.32. The molecule has 1 aliphatic rings. The van der Waals surface area contributed by atoms with Crippen molar-refractivity contribution in [2.45, 2.75) is 39.5 Å². The number of hydrogen-bond acceptors (Lipinski definition) is 6. The third-order valence-electron chi connectivity index (χ3n) is 4.91. The van der Waals surface area contributed by atoms with Gasteiger partial charge in [0.1, 0.15) is 0 Å². The quantitative estimate of drug-likeness (QED) is 0.395. The zero-order chi connectivity index (χ0) is 22.3. The van der Waals surface area contributed by atoms with E-state index in [0.717, 1.165) is 28.5 Å². The molecule has 32 heavy (non-hydrogen) atoms. The van der Waals surface area contributed by atoms with E-state index in [1.54, 1.807) is 0 Å². The number of nitrogens with zero attached hydrogens (tertiary/aromatic N) is 4. The maximum atomic E-state index is 4.57. The zero-order valence-electron chi connectivity index (χ0n) is 18.7. The Bertz CT molecular complexity index is 1140. The molecule has 1 aliphatic carbocycles. The molecular weight excluding hydrogens is 396 g/mol. The van der Waals surface area contributed by atoms with Gasteiger partial charge in [0.15, 0.2) is 0 Å². The first-order chi connectivity index (χ1) is 15.5. The minimum atomic E-state index is 0.652. The van der Waals surface area contributed by atoms with Crippen LogP contribution in [-0.4, -0.2) is 19.9 Å². The van der Waals surface area contributed by atoms with Crippen LogP contribution in [0.4, 0.5) is 23.3 Å². The Labute approximate surface area is 189 Å². The van der Waals surface area contributed by atoms with E-state index in [-0.39, 0.29) is 0 Å². The number of aromatic nitrogens is 4. The average Bonchev–Trinajstić information content (AvgIpc) is 3.60. The van der Waals surface area contributed by atoms with Crippen LogP contribution in [0.1, 0.15) is 41.5 Å². The smallest absolute Gasteiger partial charge is 0.227 e. The Kier molecular flexibility index (Phi) is 6.70. The highest BCUT2D eigenvalue weighted by Gasteiger charge is 2.25. The highest BCUT2D eigenvalue weighted by Crippen LogP contribution is 2.39. The lowest BCUT2D eigenvalue weighted by Crippen LogP contribution is -2.01. The van der Waals surface area contributed by atoms with Gasteiger partial charge < -0.3 is 10.6 Å². The predicted molar refractivity (Wildman–Crippen MR) is 130 cm³/mol. The average molecular weight is 425 g/mol. The molecule has 0 aliphatic heterocycles. The summed E-state index contributed by atoms with van der Waals surface area (Å²) in [4.78, 5) is 17.6. The van der Waals surface area contributed by atoms with Crippen molar-refractivity contribution in [2.24, 2.45) is 0 Å². The first-order valence-electron chi connectivity index (χ1n) is 10.9. The SMILES string of the molecule is Cc1cc(C)nc(Nc2ccccc2)n1.Cc1cc(C2CC2)nc(Nc2ccccc2)n1. The van der Waals surface area contributed by atoms with Gasteiger partial charge in [0.25, 0.3) is 0 Å². The van der Waals surface area contributed by atoms with E-state index in [1.807, 2.05) is 87.5 Å². The van der Waals surface area contributed by atoms with Crippen LogP contribution in [0.5, 0.6) is 0 Å². The van der Waals surface area contributed by atoms with Gasteiger partial charge >= 0.3 is 0 Å². The van der Waals surface area contributed by atoms with E-state index >= 15 is 0 Å². The number of rotatable bonds is 5. The maximum Gasteiger partial charge on any atom is 0.227 e. The number of anilines is 4. The molecule has 0 atom stereocenters. The molecule has 0 amide bonds. The molecule has 0 unspecified atom stereocenters. The Hall–Kier alpha value is -3.80. The second-order valence-corrected chi connectivity index (χ2v) is 7.99. The Morgan fingerprint density at radius 1 is 0.594 bits per heavy atom. The summed E-state index contributed by atoms with van der Waals surface area (Å²) in [5.41, 5.74) is 6.18. The van der Waals surface area contributed by atoms with Crippen molar-refractivity contribution >= 4 is 23.3 Å². The monoisotopic (exact) mass is 424 g/mol. The van der Waals surface area contributed by atoms with Crippen molar-refractivity contribution in [2.75, 3.05) is 10.6 Å². The molecule has 1 fully saturated rings. The summed E-state index contributed by atoms with van der Waals surface area (Å²) in [5, 5.41) is 6.41. The van der Waals surface area contributed by atoms with Crippen LogP contribution in [0.15, 0.2) is 72.8 Å². The first-order valence-corrected chi connectivity index (χ1v) is 10.9. The Morgan fingerprint density at radius 3 is 1.50 bits per heavy atom. The number of hydrogen-bond donors (Lipinski definition) is 2. The second kappa shape index (κ2) is 10.0. The highest BCUT2D eigenvalue weighted by molar-refractivity contribution is 5.53. The van der Waals surface area contributed by atoms with Gasteiger partial charge in [-0.1, -0.05) is 36.4 Å². The minimum absolute atomic E-state index is 0.652. The van der Waals surface area contributed by atoms with E-state index in [0.29, 0.717) is 17.8 Å². The molecule has 6 heteroatoms. The molecule has 0 bridgehead atoms. The fraction of sp³-hybridized carbons (Fsp3) is 0.231. The van der Waals surface area contributed by atoms with E-state index in [4.69, 9.17) is 0 Å². The van der Waals surface area contributed by atoms with Gasteiger partial charge in [0, 0.05) is 40.1 Å². The molecule has 5 rings (SSSR count). The van der Waals surface area contributed by atoms with Crippen molar-refractivity contribution in [3.63, 3.8) is 0 Å².